The molecule has 0 fully saturated rings. The highest BCUT2D eigenvalue weighted by atomic mass is 35.6. The molecular weight excluding hydrogens is 328 g/mol. The number of ether oxygens (including phenoxy) is 4. The molecule has 0 aliphatic heterocycles. The van der Waals surface area contributed by atoms with Gasteiger partial charge >= 0.3 is 0 Å². The number of hydrogen-bond acceptors (Lipinski definition) is 5. The van der Waals surface area contributed by atoms with Gasteiger partial charge in [-0.25, -0.2) is 0 Å². The molecule has 20 heavy (non-hydrogen) atoms. The lowest BCUT2D eigenvalue weighted by Crippen LogP contribution is -2.10. The summed E-state index contributed by atoms with van der Waals surface area (Å²) in [5, 5.41) is 0. The van der Waals surface area contributed by atoms with E-state index in [9.17, 15) is 0 Å². The minimum Gasteiger partial charge on any atom is -0.475 e. The van der Waals surface area contributed by atoms with Crippen LogP contribution >= 0.6 is 34.8 Å². The summed E-state index contributed by atoms with van der Waals surface area (Å²) in [6.07, 6.45) is 0. The molecule has 114 valence electrons. The normalized spacial score (nSPS) is 11.4. The molecule has 8 heteroatoms. The number of rotatable bonds is 8. The van der Waals surface area contributed by atoms with Gasteiger partial charge in [0.2, 0.25) is 15.6 Å². The fraction of sp³-hybridized carbons (Fsp3) is 0.583. The Balaban J connectivity index is 2.84. The van der Waals surface area contributed by atoms with Gasteiger partial charge in [0.1, 0.15) is 13.2 Å². The number of pyridine rings is 1. The molecule has 0 radical (unpaired) electrons. The van der Waals surface area contributed by atoms with Crippen molar-refractivity contribution < 1.29 is 18.9 Å². The van der Waals surface area contributed by atoms with Crippen molar-refractivity contribution in [2.24, 2.45) is 0 Å². The fourth-order valence-corrected chi connectivity index (χ4v) is 1.58. The predicted molar refractivity (Wildman–Crippen MR) is 78.2 cm³/mol. The van der Waals surface area contributed by atoms with Crippen LogP contribution in [0.3, 0.4) is 0 Å². The zero-order valence-electron chi connectivity index (χ0n) is 11.2. The zero-order valence-corrected chi connectivity index (χ0v) is 13.5. The van der Waals surface area contributed by atoms with Crippen molar-refractivity contribution >= 4 is 34.8 Å². The molecule has 0 unspecified atom stereocenters. The van der Waals surface area contributed by atoms with E-state index in [1.807, 2.05) is 0 Å². The smallest absolute Gasteiger partial charge is 0.217 e. The maximum Gasteiger partial charge on any atom is 0.217 e. The molecule has 0 amide bonds. The quantitative estimate of drug-likeness (QED) is 0.536. The van der Waals surface area contributed by atoms with Gasteiger partial charge in [0.25, 0.3) is 0 Å². The van der Waals surface area contributed by atoms with E-state index in [0.29, 0.717) is 43.8 Å². The van der Waals surface area contributed by atoms with Gasteiger partial charge in [-0.05, 0) is 0 Å². The van der Waals surface area contributed by atoms with E-state index < -0.39 is 3.79 Å². The largest absolute Gasteiger partial charge is 0.475 e. The van der Waals surface area contributed by atoms with Gasteiger partial charge in [0, 0.05) is 31.9 Å². The molecule has 1 rings (SSSR count). The van der Waals surface area contributed by atoms with Crippen LogP contribution in [0.2, 0.25) is 0 Å². The average molecular weight is 345 g/mol. The Morgan fingerprint density at radius 1 is 0.900 bits per heavy atom. The van der Waals surface area contributed by atoms with E-state index in [0.717, 1.165) is 0 Å². The van der Waals surface area contributed by atoms with Crippen molar-refractivity contribution in [1.82, 2.24) is 4.98 Å². The third-order valence-corrected chi connectivity index (χ3v) is 2.84. The SMILES string of the molecule is COCCOc1cc(C(Cl)(Cl)Cl)cc(OCCOC)n1. The number of methoxy groups -OCH3 is 2. The van der Waals surface area contributed by atoms with Crippen LogP contribution < -0.4 is 9.47 Å². The Morgan fingerprint density at radius 2 is 1.35 bits per heavy atom. The summed E-state index contributed by atoms with van der Waals surface area (Å²) in [5.41, 5.74) is 0.414. The van der Waals surface area contributed by atoms with Gasteiger partial charge in [-0.3, -0.25) is 0 Å². The molecule has 1 aromatic heterocycles. The molecule has 0 N–H and O–H groups in total. The first-order valence-corrected chi connectivity index (χ1v) is 6.93. The molecule has 0 saturated heterocycles. The third kappa shape index (κ3) is 6.33. The highest BCUT2D eigenvalue weighted by Gasteiger charge is 2.25. The summed E-state index contributed by atoms with van der Waals surface area (Å²) in [5.74, 6) is 0.608. The van der Waals surface area contributed by atoms with E-state index in [4.69, 9.17) is 53.8 Å². The number of hydrogen-bond donors (Lipinski definition) is 0. The summed E-state index contributed by atoms with van der Waals surface area (Å²) < 4.78 is 19.0. The van der Waals surface area contributed by atoms with Crippen LogP contribution in [0, 0.1) is 0 Å². The summed E-state index contributed by atoms with van der Waals surface area (Å²) in [6.45, 7) is 1.54. The summed E-state index contributed by atoms with van der Waals surface area (Å²) in [4.78, 5) is 4.16. The van der Waals surface area contributed by atoms with Gasteiger partial charge in [0.15, 0.2) is 0 Å². The van der Waals surface area contributed by atoms with Crippen molar-refractivity contribution in [3.63, 3.8) is 0 Å². The number of alkyl halides is 3. The maximum atomic E-state index is 5.87. The first-order chi connectivity index (χ1) is 9.47. The Hall–Kier alpha value is -0.460. The molecule has 1 heterocycles. The van der Waals surface area contributed by atoms with Crippen LogP contribution in [-0.2, 0) is 13.3 Å². The molecule has 5 nitrogen and oxygen atoms in total. The minimum atomic E-state index is -1.58. The molecule has 0 bridgehead atoms. The Morgan fingerprint density at radius 3 is 1.70 bits per heavy atom. The molecule has 0 saturated carbocycles. The second kappa shape index (κ2) is 8.74. The topological polar surface area (TPSA) is 49.8 Å². The van der Waals surface area contributed by atoms with Crippen molar-refractivity contribution in [3.8, 4) is 11.8 Å². The third-order valence-electron chi connectivity index (χ3n) is 2.18. The fourth-order valence-electron chi connectivity index (χ4n) is 1.25. The highest BCUT2D eigenvalue weighted by Crippen LogP contribution is 2.40. The van der Waals surface area contributed by atoms with Gasteiger partial charge in [-0.1, -0.05) is 34.8 Å². The molecular formula is C12H16Cl3NO4. The zero-order chi connectivity index (χ0) is 15.0. The second-order valence-corrected chi connectivity index (χ2v) is 5.99. The Kier molecular flexibility index (Phi) is 7.69. The number of aromatic nitrogens is 1. The van der Waals surface area contributed by atoms with E-state index in [2.05, 4.69) is 4.98 Å². The van der Waals surface area contributed by atoms with Crippen LogP contribution in [0.1, 0.15) is 5.56 Å². The first-order valence-electron chi connectivity index (χ1n) is 5.80. The lowest BCUT2D eigenvalue weighted by atomic mass is 10.3. The van der Waals surface area contributed by atoms with Gasteiger partial charge in [0.05, 0.1) is 13.2 Å². The van der Waals surface area contributed by atoms with Crippen LogP contribution in [0.15, 0.2) is 12.1 Å². The minimum absolute atomic E-state index is 0.304. The standard InChI is InChI=1S/C12H16Cl3NO4/c1-17-3-5-19-10-7-9(12(13,14)15)8-11(16-10)20-6-4-18-2/h7-8H,3-6H2,1-2H3. The van der Waals surface area contributed by atoms with Gasteiger partial charge in [-0.15, -0.1) is 0 Å². The molecule has 0 aliphatic rings. The molecule has 1 aromatic rings. The Labute approximate surface area is 133 Å². The monoisotopic (exact) mass is 343 g/mol. The van der Waals surface area contributed by atoms with Gasteiger partial charge < -0.3 is 18.9 Å². The van der Waals surface area contributed by atoms with Crippen molar-refractivity contribution in [2.45, 2.75) is 3.79 Å². The first kappa shape index (κ1) is 17.6. The molecule has 0 aromatic carbocycles. The van der Waals surface area contributed by atoms with E-state index in [1.54, 1.807) is 26.4 Å². The van der Waals surface area contributed by atoms with Crippen LogP contribution in [0.4, 0.5) is 0 Å². The summed E-state index contributed by atoms with van der Waals surface area (Å²) in [7, 11) is 3.15. The number of halogens is 3. The van der Waals surface area contributed by atoms with Crippen LogP contribution in [0.5, 0.6) is 11.8 Å². The van der Waals surface area contributed by atoms with Crippen molar-refractivity contribution in [3.05, 3.63) is 17.7 Å². The summed E-state index contributed by atoms with van der Waals surface area (Å²) >= 11 is 17.6. The van der Waals surface area contributed by atoms with E-state index >= 15 is 0 Å². The van der Waals surface area contributed by atoms with Crippen LogP contribution in [0.25, 0.3) is 0 Å². The summed E-state index contributed by atoms with van der Waals surface area (Å²) in [6, 6.07) is 3.09. The predicted octanol–water partition coefficient (Wildman–Crippen LogP) is 2.96. The second-order valence-electron chi connectivity index (χ2n) is 3.71. The maximum absolute atomic E-state index is 5.87. The lowest BCUT2D eigenvalue weighted by molar-refractivity contribution is 0.137. The van der Waals surface area contributed by atoms with E-state index in [1.165, 1.54) is 0 Å². The van der Waals surface area contributed by atoms with E-state index in [-0.39, 0.29) is 0 Å². The average Bonchev–Trinajstić information content (AvgIpc) is 2.38. The highest BCUT2D eigenvalue weighted by molar-refractivity contribution is 6.66. The molecule has 0 atom stereocenters. The van der Waals surface area contributed by atoms with Crippen molar-refractivity contribution in [1.29, 1.82) is 0 Å². The molecule has 0 aliphatic carbocycles. The van der Waals surface area contributed by atoms with Crippen LogP contribution in [-0.4, -0.2) is 45.6 Å². The van der Waals surface area contributed by atoms with Crippen molar-refractivity contribution in [2.75, 3.05) is 40.6 Å². The lowest BCUT2D eigenvalue weighted by Gasteiger charge is -2.15. The Bertz CT molecular complexity index is 384. The van der Waals surface area contributed by atoms with Gasteiger partial charge in [-0.2, -0.15) is 4.98 Å². The number of nitrogens with zero attached hydrogens (tertiary/aromatic N) is 1. The molecule has 0 spiro atoms.